The van der Waals surface area contributed by atoms with Crippen molar-refractivity contribution in [3.8, 4) is 0 Å². The smallest absolute Gasteiger partial charge is 0.338 e. The lowest BCUT2D eigenvalue weighted by molar-refractivity contribution is 0.0526. The number of carbonyl (C=O) groups is 1. The Morgan fingerprint density at radius 2 is 2.18 bits per heavy atom. The Hall–Kier alpha value is -0.620. The first-order valence-corrected chi connectivity index (χ1v) is 6.82. The van der Waals surface area contributed by atoms with E-state index in [1.165, 1.54) is 0 Å². The van der Waals surface area contributed by atoms with Crippen LogP contribution in [-0.4, -0.2) is 17.7 Å². The first-order chi connectivity index (χ1) is 8.10. The molecule has 0 spiro atoms. The number of rotatable bonds is 5. The van der Waals surface area contributed by atoms with Gasteiger partial charge in [0, 0.05) is 3.57 Å². The van der Waals surface area contributed by atoms with Gasteiger partial charge in [-0.15, -0.1) is 0 Å². The Labute approximate surface area is 115 Å². The van der Waals surface area contributed by atoms with E-state index < -0.39 is 6.10 Å². The molecule has 0 radical (unpaired) electrons. The third-order valence-corrected chi connectivity index (χ3v) is 3.41. The predicted octanol–water partition coefficient (Wildman–Crippen LogP) is 3.30. The number of carbonyl (C=O) groups excluding carboxylic acids is 1. The topological polar surface area (TPSA) is 46.5 Å². The number of ether oxygens (including phenoxy) is 1. The number of aliphatic hydroxyl groups is 1. The van der Waals surface area contributed by atoms with Crippen molar-refractivity contribution in [3.05, 3.63) is 32.9 Å². The second-order valence-electron chi connectivity index (χ2n) is 3.76. The van der Waals surface area contributed by atoms with Gasteiger partial charge in [0.25, 0.3) is 0 Å². The third kappa shape index (κ3) is 3.96. The van der Waals surface area contributed by atoms with Gasteiger partial charge in [0.05, 0.1) is 18.3 Å². The maximum atomic E-state index is 11.6. The molecule has 0 saturated carbocycles. The van der Waals surface area contributed by atoms with Crippen molar-refractivity contribution in [2.45, 2.75) is 32.8 Å². The molecule has 0 aliphatic carbocycles. The van der Waals surface area contributed by atoms with Gasteiger partial charge in [-0.25, -0.2) is 4.79 Å². The number of aliphatic hydroxyl groups excluding tert-OH is 1. The molecule has 0 aromatic heterocycles. The molecule has 0 saturated heterocycles. The molecule has 4 heteroatoms. The Kier molecular flexibility index (Phi) is 5.91. The van der Waals surface area contributed by atoms with Crippen LogP contribution in [-0.2, 0) is 4.74 Å². The van der Waals surface area contributed by atoms with Gasteiger partial charge in [0.2, 0.25) is 0 Å². The fourth-order valence-corrected chi connectivity index (χ4v) is 2.26. The van der Waals surface area contributed by atoms with E-state index >= 15 is 0 Å². The molecule has 0 heterocycles. The highest BCUT2D eigenvalue weighted by Crippen LogP contribution is 2.25. The molecule has 1 rings (SSSR count). The van der Waals surface area contributed by atoms with Crippen molar-refractivity contribution in [2.24, 2.45) is 0 Å². The van der Waals surface area contributed by atoms with Crippen LogP contribution in [0.15, 0.2) is 18.2 Å². The average molecular weight is 348 g/mol. The summed E-state index contributed by atoms with van der Waals surface area (Å²) in [6.45, 7) is 4.15. The summed E-state index contributed by atoms with van der Waals surface area (Å²) >= 11 is 2.16. The Morgan fingerprint density at radius 1 is 1.47 bits per heavy atom. The van der Waals surface area contributed by atoms with Crippen LogP contribution in [0.5, 0.6) is 0 Å². The van der Waals surface area contributed by atoms with Gasteiger partial charge >= 0.3 is 5.97 Å². The first kappa shape index (κ1) is 14.4. The molecule has 0 amide bonds. The summed E-state index contributed by atoms with van der Waals surface area (Å²) in [5.41, 5.74) is 1.30. The van der Waals surface area contributed by atoms with Gasteiger partial charge < -0.3 is 9.84 Å². The van der Waals surface area contributed by atoms with E-state index in [0.29, 0.717) is 18.6 Å². The molecule has 3 nitrogen and oxygen atoms in total. The number of hydrogen-bond donors (Lipinski definition) is 1. The molecule has 1 atom stereocenters. The summed E-state index contributed by atoms with van der Waals surface area (Å²) in [4.78, 5) is 11.6. The van der Waals surface area contributed by atoms with Crippen LogP contribution in [0.2, 0.25) is 0 Å². The molecule has 1 aromatic carbocycles. The summed E-state index contributed by atoms with van der Waals surface area (Å²) in [6, 6.07) is 5.28. The molecular formula is C13H17IO3. The molecule has 1 unspecified atom stereocenters. The zero-order valence-electron chi connectivity index (χ0n) is 10.1. The number of esters is 1. The summed E-state index contributed by atoms with van der Waals surface area (Å²) in [5.74, 6) is -0.339. The Bertz CT molecular complexity index is 390. The highest BCUT2D eigenvalue weighted by molar-refractivity contribution is 14.1. The standard InChI is InChI=1S/C13H17IO3/c1-3-5-12(15)10-8-9(6-7-11(10)14)13(16)17-4-2/h6-8,12,15H,3-5H2,1-2H3. The molecule has 0 fully saturated rings. The van der Waals surface area contributed by atoms with E-state index in [2.05, 4.69) is 22.6 Å². The fourth-order valence-electron chi connectivity index (χ4n) is 1.57. The molecular weight excluding hydrogens is 331 g/mol. The fraction of sp³-hybridized carbons (Fsp3) is 0.462. The monoisotopic (exact) mass is 348 g/mol. The lowest BCUT2D eigenvalue weighted by Gasteiger charge is -2.13. The minimum atomic E-state index is -0.513. The molecule has 94 valence electrons. The van der Waals surface area contributed by atoms with E-state index in [4.69, 9.17) is 4.74 Å². The van der Waals surface area contributed by atoms with Gasteiger partial charge in [-0.3, -0.25) is 0 Å². The van der Waals surface area contributed by atoms with Gasteiger partial charge in [0.1, 0.15) is 0 Å². The maximum absolute atomic E-state index is 11.6. The van der Waals surface area contributed by atoms with Crippen LogP contribution >= 0.6 is 22.6 Å². The van der Waals surface area contributed by atoms with Crippen molar-refractivity contribution in [1.29, 1.82) is 0 Å². The lowest BCUT2D eigenvalue weighted by Crippen LogP contribution is -2.07. The Morgan fingerprint density at radius 3 is 2.76 bits per heavy atom. The zero-order chi connectivity index (χ0) is 12.8. The largest absolute Gasteiger partial charge is 0.462 e. The van der Waals surface area contributed by atoms with Gasteiger partial charge in [0.15, 0.2) is 0 Å². The average Bonchev–Trinajstić information content (AvgIpc) is 2.30. The van der Waals surface area contributed by atoms with Crippen LogP contribution in [0.4, 0.5) is 0 Å². The van der Waals surface area contributed by atoms with E-state index in [0.717, 1.165) is 15.6 Å². The quantitative estimate of drug-likeness (QED) is 0.656. The van der Waals surface area contributed by atoms with Crippen LogP contribution in [0.25, 0.3) is 0 Å². The lowest BCUT2D eigenvalue weighted by atomic mass is 10.0. The predicted molar refractivity (Wildman–Crippen MR) is 75.0 cm³/mol. The van der Waals surface area contributed by atoms with E-state index in [1.807, 2.05) is 13.0 Å². The molecule has 17 heavy (non-hydrogen) atoms. The number of benzene rings is 1. The SMILES string of the molecule is CCCC(O)c1cc(C(=O)OCC)ccc1I. The van der Waals surface area contributed by atoms with Crippen molar-refractivity contribution in [2.75, 3.05) is 6.61 Å². The molecule has 0 bridgehead atoms. The number of hydrogen-bond acceptors (Lipinski definition) is 3. The molecule has 1 N–H and O–H groups in total. The van der Waals surface area contributed by atoms with E-state index in [1.54, 1.807) is 19.1 Å². The highest BCUT2D eigenvalue weighted by atomic mass is 127. The van der Waals surface area contributed by atoms with Gasteiger partial charge in [-0.1, -0.05) is 13.3 Å². The maximum Gasteiger partial charge on any atom is 0.338 e. The molecule has 0 aliphatic rings. The minimum Gasteiger partial charge on any atom is -0.462 e. The zero-order valence-corrected chi connectivity index (χ0v) is 12.2. The highest BCUT2D eigenvalue weighted by Gasteiger charge is 2.14. The second kappa shape index (κ2) is 6.96. The summed E-state index contributed by atoms with van der Waals surface area (Å²) < 4.78 is 5.91. The van der Waals surface area contributed by atoms with Crippen molar-refractivity contribution >= 4 is 28.6 Å². The van der Waals surface area contributed by atoms with Crippen LogP contribution in [0.3, 0.4) is 0 Å². The van der Waals surface area contributed by atoms with Crippen LogP contribution in [0.1, 0.15) is 48.7 Å². The summed E-state index contributed by atoms with van der Waals surface area (Å²) in [7, 11) is 0. The summed E-state index contributed by atoms with van der Waals surface area (Å²) in [5, 5.41) is 9.98. The molecule has 1 aromatic rings. The van der Waals surface area contributed by atoms with Crippen LogP contribution in [0, 0.1) is 3.57 Å². The van der Waals surface area contributed by atoms with Gasteiger partial charge in [-0.2, -0.15) is 0 Å². The number of halogens is 1. The van der Waals surface area contributed by atoms with Gasteiger partial charge in [-0.05, 0) is 59.7 Å². The van der Waals surface area contributed by atoms with Crippen molar-refractivity contribution in [3.63, 3.8) is 0 Å². The van der Waals surface area contributed by atoms with Crippen molar-refractivity contribution < 1.29 is 14.6 Å². The normalized spacial score (nSPS) is 12.2. The third-order valence-electron chi connectivity index (χ3n) is 2.43. The second-order valence-corrected chi connectivity index (χ2v) is 4.92. The van der Waals surface area contributed by atoms with Crippen LogP contribution < -0.4 is 0 Å². The van der Waals surface area contributed by atoms with E-state index in [-0.39, 0.29) is 5.97 Å². The Balaban J connectivity index is 2.97. The van der Waals surface area contributed by atoms with E-state index in [9.17, 15) is 9.90 Å². The first-order valence-electron chi connectivity index (χ1n) is 5.74. The summed E-state index contributed by atoms with van der Waals surface area (Å²) in [6.07, 6.45) is 1.09. The minimum absolute atomic E-state index is 0.339. The molecule has 0 aliphatic heterocycles. The van der Waals surface area contributed by atoms with Crippen molar-refractivity contribution in [1.82, 2.24) is 0 Å².